The summed E-state index contributed by atoms with van der Waals surface area (Å²) in [4.78, 5) is 10.9. The lowest BCUT2D eigenvalue weighted by molar-refractivity contribution is -0.145. The second kappa shape index (κ2) is 7.06. The van der Waals surface area contributed by atoms with E-state index in [0.717, 1.165) is 0 Å². The average Bonchev–Trinajstić information content (AvgIpc) is 2.05. The quantitative estimate of drug-likeness (QED) is 0.466. The van der Waals surface area contributed by atoms with Crippen molar-refractivity contribution in [2.45, 2.75) is 26.3 Å². The Hall–Kier alpha value is -0.610. The zero-order valence-electron chi connectivity index (χ0n) is 7.71. The third kappa shape index (κ3) is 5.09. The summed E-state index contributed by atoms with van der Waals surface area (Å²) in [6, 6.07) is -0.545. The van der Waals surface area contributed by atoms with Gasteiger partial charge >= 0.3 is 5.97 Å². The number of esters is 1. The predicted molar refractivity (Wildman–Crippen MR) is 45.7 cm³/mol. The van der Waals surface area contributed by atoms with Gasteiger partial charge in [-0.05, 0) is 20.3 Å². The number of nitrogens with two attached hydrogens (primary N) is 1. The van der Waals surface area contributed by atoms with Crippen molar-refractivity contribution in [3.05, 3.63) is 0 Å². The van der Waals surface area contributed by atoms with Gasteiger partial charge in [-0.15, -0.1) is 0 Å². The van der Waals surface area contributed by atoms with Crippen LogP contribution in [0.5, 0.6) is 0 Å². The zero-order chi connectivity index (χ0) is 9.40. The van der Waals surface area contributed by atoms with E-state index in [1.165, 1.54) is 0 Å². The molecule has 1 atom stereocenters. The van der Waals surface area contributed by atoms with Crippen LogP contribution in [0.2, 0.25) is 0 Å². The van der Waals surface area contributed by atoms with Gasteiger partial charge in [0.05, 0.1) is 6.61 Å². The molecule has 0 saturated carbocycles. The van der Waals surface area contributed by atoms with Crippen molar-refractivity contribution in [1.82, 2.24) is 0 Å². The van der Waals surface area contributed by atoms with Crippen molar-refractivity contribution in [1.29, 1.82) is 0 Å². The summed E-state index contributed by atoms with van der Waals surface area (Å²) in [7, 11) is 0. The maximum atomic E-state index is 10.9. The first-order chi connectivity index (χ1) is 5.72. The minimum absolute atomic E-state index is 0.350. The first-order valence-corrected chi connectivity index (χ1v) is 4.22. The minimum atomic E-state index is -0.545. The van der Waals surface area contributed by atoms with Crippen molar-refractivity contribution < 1.29 is 14.3 Å². The van der Waals surface area contributed by atoms with Crippen LogP contribution in [0.25, 0.3) is 0 Å². The Kier molecular flexibility index (Phi) is 6.70. The van der Waals surface area contributed by atoms with Crippen LogP contribution in [-0.4, -0.2) is 31.8 Å². The van der Waals surface area contributed by atoms with Crippen LogP contribution in [0.4, 0.5) is 0 Å². The summed E-state index contributed by atoms with van der Waals surface area (Å²) in [5.41, 5.74) is 5.49. The summed E-state index contributed by atoms with van der Waals surface area (Å²) in [6.07, 6.45) is 0.521. The van der Waals surface area contributed by atoms with Crippen LogP contribution in [-0.2, 0) is 14.3 Å². The standard InChI is InChI=1S/C8H17NO3/c1-3-11-6-5-7(9)8(10)12-4-2/h7H,3-6,9H2,1-2H3/t7-/m0/s1. The van der Waals surface area contributed by atoms with Gasteiger partial charge in [-0.3, -0.25) is 4.79 Å². The molecule has 0 aliphatic rings. The highest BCUT2D eigenvalue weighted by Crippen LogP contribution is 1.92. The summed E-state index contributed by atoms with van der Waals surface area (Å²) < 4.78 is 9.76. The van der Waals surface area contributed by atoms with E-state index >= 15 is 0 Å². The summed E-state index contributed by atoms with van der Waals surface area (Å²) in [5.74, 6) is -0.350. The Morgan fingerprint density at radius 2 is 2.08 bits per heavy atom. The highest BCUT2D eigenvalue weighted by molar-refractivity contribution is 5.75. The van der Waals surface area contributed by atoms with Gasteiger partial charge in [-0.1, -0.05) is 0 Å². The smallest absolute Gasteiger partial charge is 0.322 e. The van der Waals surface area contributed by atoms with E-state index in [9.17, 15) is 4.79 Å². The van der Waals surface area contributed by atoms with Gasteiger partial charge in [0.1, 0.15) is 6.04 Å². The van der Waals surface area contributed by atoms with Crippen LogP contribution < -0.4 is 5.73 Å². The Morgan fingerprint density at radius 1 is 1.42 bits per heavy atom. The molecular weight excluding hydrogens is 158 g/mol. The summed E-state index contributed by atoms with van der Waals surface area (Å²) in [5, 5.41) is 0. The predicted octanol–water partition coefficient (Wildman–Crippen LogP) is 0.303. The fraction of sp³-hybridized carbons (Fsp3) is 0.875. The van der Waals surface area contributed by atoms with Gasteiger partial charge in [0.15, 0.2) is 0 Å². The van der Waals surface area contributed by atoms with Crippen molar-refractivity contribution >= 4 is 5.97 Å². The second-order valence-electron chi connectivity index (χ2n) is 2.34. The minimum Gasteiger partial charge on any atom is -0.465 e. The highest BCUT2D eigenvalue weighted by atomic mass is 16.5. The molecule has 0 amide bonds. The lowest BCUT2D eigenvalue weighted by Gasteiger charge is -2.09. The molecule has 72 valence electrons. The number of ether oxygens (including phenoxy) is 2. The first kappa shape index (κ1) is 11.4. The molecule has 0 aromatic heterocycles. The molecule has 0 saturated heterocycles. The fourth-order valence-electron chi connectivity index (χ4n) is 0.722. The molecule has 12 heavy (non-hydrogen) atoms. The molecule has 0 aliphatic carbocycles. The number of rotatable bonds is 6. The topological polar surface area (TPSA) is 61.5 Å². The number of hydrogen-bond donors (Lipinski definition) is 1. The van der Waals surface area contributed by atoms with Gasteiger partial charge < -0.3 is 15.2 Å². The first-order valence-electron chi connectivity index (χ1n) is 4.22. The molecule has 0 spiro atoms. The third-order valence-corrected chi connectivity index (χ3v) is 1.37. The largest absolute Gasteiger partial charge is 0.465 e. The number of carbonyl (C=O) groups excluding carboxylic acids is 1. The zero-order valence-corrected chi connectivity index (χ0v) is 7.71. The second-order valence-corrected chi connectivity index (χ2v) is 2.34. The van der Waals surface area contributed by atoms with Crippen molar-refractivity contribution in [3.63, 3.8) is 0 Å². The molecule has 0 aromatic rings. The normalized spacial score (nSPS) is 12.6. The third-order valence-electron chi connectivity index (χ3n) is 1.37. The van der Waals surface area contributed by atoms with Gasteiger partial charge in [0.2, 0.25) is 0 Å². The van der Waals surface area contributed by atoms with Crippen LogP contribution in [0.3, 0.4) is 0 Å². The summed E-state index contributed by atoms with van der Waals surface area (Å²) >= 11 is 0. The average molecular weight is 175 g/mol. The molecular formula is C8H17NO3. The van der Waals surface area contributed by atoms with Crippen LogP contribution in [0, 0.1) is 0 Å². The van der Waals surface area contributed by atoms with E-state index in [1.54, 1.807) is 6.92 Å². The maximum absolute atomic E-state index is 10.9. The van der Waals surface area contributed by atoms with Crippen LogP contribution in [0.1, 0.15) is 20.3 Å². The lowest BCUT2D eigenvalue weighted by Crippen LogP contribution is -2.33. The van der Waals surface area contributed by atoms with Crippen LogP contribution in [0.15, 0.2) is 0 Å². The van der Waals surface area contributed by atoms with Gasteiger partial charge in [0.25, 0.3) is 0 Å². The van der Waals surface area contributed by atoms with Crippen LogP contribution >= 0.6 is 0 Å². The number of carbonyl (C=O) groups is 1. The van der Waals surface area contributed by atoms with Gasteiger partial charge in [-0.2, -0.15) is 0 Å². The van der Waals surface area contributed by atoms with E-state index in [4.69, 9.17) is 15.2 Å². The number of hydrogen-bond acceptors (Lipinski definition) is 4. The molecule has 0 fully saturated rings. The maximum Gasteiger partial charge on any atom is 0.322 e. The Morgan fingerprint density at radius 3 is 2.58 bits per heavy atom. The Balaban J connectivity index is 3.42. The van der Waals surface area contributed by atoms with Crippen molar-refractivity contribution in [3.8, 4) is 0 Å². The molecule has 4 nitrogen and oxygen atoms in total. The van der Waals surface area contributed by atoms with E-state index in [0.29, 0.717) is 26.2 Å². The molecule has 4 heteroatoms. The van der Waals surface area contributed by atoms with Crippen molar-refractivity contribution in [2.75, 3.05) is 19.8 Å². The molecule has 0 unspecified atom stereocenters. The van der Waals surface area contributed by atoms with E-state index in [2.05, 4.69) is 0 Å². The van der Waals surface area contributed by atoms with E-state index in [-0.39, 0.29) is 5.97 Å². The monoisotopic (exact) mass is 175 g/mol. The highest BCUT2D eigenvalue weighted by Gasteiger charge is 2.13. The molecule has 0 bridgehead atoms. The van der Waals surface area contributed by atoms with Gasteiger partial charge in [0, 0.05) is 13.2 Å². The molecule has 0 rings (SSSR count). The molecule has 2 N–H and O–H groups in total. The van der Waals surface area contributed by atoms with Crippen molar-refractivity contribution in [2.24, 2.45) is 5.73 Å². The van der Waals surface area contributed by atoms with Gasteiger partial charge in [-0.25, -0.2) is 0 Å². The lowest BCUT2D eigenvalue weighted by atomic mass is 10.2. The van der Waals surface area contributed by atoms with E-state index in [1.807, 2.05) is 6.92 Å². The molecule has 0 radical (unpaired) electrons. The molecule has 0 heterocycles. The SMILES string of the molecule is CCOCC[C@H](N)C(=O)OCC. The Labute approximate surface area is 73.0 Å². The molecule has 0 aliphatic heterocycles. The van der Waals surface area contributed by atoms with E-state index < -0.39 is 6.04 Å². The Bertz CT molecular complexity index is 127. The fourth-order valence-corrected chi connectivity index (χ4v) is 0.722. The molecule has 0 aromatic carbocycles. The summed E-state index contributed by atoms with van der Waals surface area (Å²) in [6.45, 7) is 5.19.